The van der Waals surface area contributed by atoms with Crippen molar-refractivity contribution in [2.45, 2.75) is 23.8 Å². The zero-order valence-electron chi connectivity index (χ0n) is 10.1. The zero-order chi connectivity index (χ0) is 14.0. The quantitative estimate of drug-likeness (QED) is 0.894. The lowest BCUT2D eigenvalue weighted by Crippen LogP contribution is -2.42. The maximum absolute atomic E-state index is 12.4. The Morgan fingerprint density at radius 1 is 1.47 bits per heavy atom. The van der Waals surface area contributed by atoms with E-state index in [1.54, 1.807) is 0 Å². The van der Waals surface area contributed by atoms with Crippen molar-refractivity contribution in [2.75, 3.05) is 13.1 Å². The second-order valence-electron chi connectivity index (χ2n) is 4.42. The molecule has 0 aromatic heterocycles. The molecule has 102 valence electrons. The number of benzene rings is 1. The van der Waals surface area contributed by atoms with E-state index in [0.717, 1.165) is 0 Å². The van der Waals surface area contributed by atoms with Crippen molar-refractivity contribution in [2.24, 2.45) is 0 Å². The summed E-state index contributed by atoms with van der Waals surface area (Å²) in [6.45, 7) is 0.419. The van der Waals surface area contributed by atoms with Gasteiger partial charge < -0.3 is 5.11 Å². The van der Waals surface area contributed by atoms with Gasteiger partial charge in [0.2, 0.25) is 10.0 Å². The van der Waals surface area contributed by atoms with Crippen LogP contribution in [0.15, 0.2) is 23.1 Å². The fraction of sp³-hybridized carbons (Fsp3) is 0.417. The molecule has 2 rings (SSSR count). The van der Waals surface area contributed by atoms with Crippen molar-refractivity contribution in [1.29, 1.82) is 5.26 Å². The van der Waals surface area contributed by atoms with Crippen LogP contribution >= 0.6 is 11.6 Å². The second-order valence-corrected chi connectivity index (χ2v) is 6.73. The fourth-order valence-electron chi connectivity index (χ4n) is 2.05. The average molecular weight is 301 g/mol. The third kappa shape index (κ3) is 2.90. The Kier molecular flexibility index (Phi) is 4.11. The van der Waals surface area contributed by atoms with Gasteiger partial charge in [0.1, 0.15) is 4.90 Å². The zero-order valence-corrected chi connectivity index (χ0v) is 11.7. The van der Waals surface area contributed by atoms with E-state index in [9.17, 15) is 13.5 Å². The minimum absolute atomic E-state index is 0.0649. The van der Waals surface area contributed by atoms with E-state index in [0.29, 0.717) is 19.4 Å². The predicted molar refractivity (Wildman–Crippen MR) is 70.2 cm³/mol. The molecule has 0 amide bonds. The fourth-order valence-corrected chi connectivity index (χ4v) is 4.07. The molecule has 1 atom stereocenters. The Labute approximate surface area is 117 Å². The molecule has 0 radical (unpaired) electrons. The van der Waals surface area contributed by atoms with Crippen molar-refractivity contribution in [3.63, 3.8) is 0 Å². The van der Waals surface area contributed by atoms with Gasteiger partial charge in [0.15, 0.2) is 0 Å². The molecule has 19 heavy (non-hydrogen) atoms. The van der Waals surface area contributed by atoms with Gasteiger partial charge in [-0.3, -0.25) is 0 Å². The largest absolute Gasteiger partial charge is 0.392 e. The molecule has 5 nitrogen and oxygen atoms in total. The van der Waals surface area contributed by atoms with E-state index in [1.165, 1.54) is 22.5 Å². The van der Waals surface area contributed by atoms with Crippen LogP contribution < -0.4 is 0 Å². The Hall–Kier alpha value is -1.13. The lowest BCUT2D eigenvalue weighted by atomic mass is 10.1. The summed E-state index contributed by atoms with van der Waals surface area (Å²) in [6.07, 6.45) is 0.551. The van der Waals surface area contributed by atoms with Gasteiger partial charge in [-0.25, -0.2) is 8.42 Å². The standard InChI is InChI=1S/C12H13ClN2O3S/c13-11-4-3-9(7-14)6-12(11)19(17,18)15-5-1-2-10(16)8-15/h3-4,6,10,16H,1-2,5,8H2/t10-/m0/s1. The minimum Gasteiger partial charge on any atom is -0.392 e. The van der Waals surface area contributed by atoms with Gasteiger partial charge >= 0.3 is 0 Å². The summed E-state index contributed by atoms with van der Waals surface area (Å²) in [6, 6.07) is 6.01. The number of rotatable bonds is 2. The third-order valence-electron chi connectivity index (χ3n) is 3.04. The molecule has 0 spiro atoms. The van der Waals surface area contributed by atoms with Crippen molar-refractivity contribution in [1.82, 2.24) is 4.31 Å². The van der Waals surface area contributed by atoms with Crippen LogP contribution in [0.25, 0.3) is 0 Å². The van der Waals surface area contributed by atoms with E-state index in [-0.39, 0.29) is 22.0 Å². The van der Waals surface area contributed by atoms with Crippen LogP contribution in [-0.4, -0.2) is 37.0 Å². The first kappa shape index (κ1) is 14.3. The van der Waals surface area contributed by atoms with Crippen molar-refractivity contribution in [3.8, 4) is 6.07 Å². The van der Waals surface area contributed by atoms with Crippen LogP contribution in [-0.2, 0) is 10.0 Å². The molecular weight excluding hydrogens is 288 g/mol. The highest BCUT2D eigenvalue weighted by atomic mass is 35.5. The van der Waals surface area contributed by atoms with Gasteiger partial charge in [-0.05, 0) is 31.0 Å². The molecule has 1 fully saturated rings. The molecule has 0 aliphatic carbocycles. The number of aliphatic hydroxyl groups is 1. The molecule has 1 heterocycles. The minimum atomic E-state index is -3.77. The summed E-state index contributed by atoms with van der Waals surface area (Å²) < 4.78 is 26.1. The maximum Gasteiger partial charge on any atom is 0.244 e. The first-order valence-corrected chi connectivity index (χ1v) is 7.65. The highest BCUT2D eigenvalue weighted by Gasteiger charge is 2.31. The second kappa shape index (κ2) is 5.47. The Bertz CT molecular complexity index is 624. The van der Waals surface area contributed by atoms with Gasteiger partial charge in [0.05, 0.1) is 22.8 Å². The number of aliphatic hydroxyl groups excluding tert-OH is 1. The van der Waals surface area contributed by atoms with Crippen LogP contribution in [0, 0.1) is 11.3 Å². The lowest BCUT2D eigenvalue weighted by molar-refractivity contribution is 0.108. The average Bonchev–Trinajstić information content (AvgIpc) is 2.39. The van der Waals surface area contributed by atoms with Crippen LogP contribution in [0.2, 0.25) is 5.02 Å². The summed E-state index contributed by atoms with van der Waals surface area (Å²) in [5.41, 5.74) is 0.237. The number of hydrogen-bond donors (Lipinski definition) is 1. The van der Waals surface area contributed by atoms with E-state index < -0.39 is 16.1 Å². The molecule has 1 aromatic carbocycles. The van der Waals surface area contributed by atoms with Crippen molar-refractivity contribution in [3.05, 3.63) is 28.8 Å². The number of nitriles is 1. The van der Waals surface area contributed by atoms with Crippen molar-refractivity contribution >= 4 is 21.6 Å². The van der Waals surface area contributed by atoms with E-state index in [1.807, 2.05) is 6.07 Å². The molecule has 1 saturated heterocycles. The van der Waals surface area contributed by atoms with Gasteiger partial charge in [-0.1, -0.05) is 11.6 Å². The Morgan fingerprint density at radius 2 is 2.21 bits per heavy atom. The van der Waals surface area contributed by atoms with Crippen LogP contribution in [0.1, 0.15) is 18.4 Å². The highest BCUT2D eigenvalue weighted by molar-refractivity contribution is 7.89. The normalized spacial score (nSPS) is 21.0. The number of piperidine rings is 1. The monoisotopic (exact) mass is 300 g/mol. The van der Waals surface area contributed by atoms with Gasteiger partial charge in [0.25, 0.3) is 0 Å². The Balaban J connectivity index is 2.42. The first-order valence-electron chi connectivity index (χ1n) is 5.83. The highest BCUT2D eigenvalue weighted by Crippen LogP contribution is 2.27. The molecule has 7 heteroatoms. The molecule has 1 aliphatic heterocycles. The lowest BCUT2D eigenvalue weighted by Gasteiger charge is -2.29. The van der Waals surface area contributed by atoms with Crippen LogP contribution in [0.4, 0.5) is 0 Å². The van der Waals surface area contributed by atoms with Gasteiger partial charge in [0, 0.05) is 13.1 Å². The number of nitrogens with zero attached hydrogens (tertiary/aromatic N) is 2. The van der Waals surface area contributed by atoms with Crippen molar-refractivity contribution < 1.29 is 13.5 Å². The van der Waals surface area contributed by atoms with E-state index >= 15 is 0 Å². The number of β-amino-alcohol motifs (C(OH)–C–C–N with tert-alkyl or cyclic N) is 1. The number of halogens is 1. The van der Waals surface area contributed by atoms with Crippen LogP contribution in [0.3, 0.4) is 0 Å². The molecular formula is C12H13ClN2O3S. The van der Waals surface area contributed by atoms with Gasteiger partial charge in [-0.2, -0.15) is 9.57 Å². The molecule has 1 aromatic rings. The maximum atomic E-state index is 12.4. The molecule has 1 N–H and O–H groups in total. The topological polar surface area (TPSA) is 81.4 Å². The van der Waals surface area contributed by atoms with Crippen LogP contribution in [0.5, 0.6) is 0 Å². The van der Waals surface area contributed by atoms with E-state index in [4.69, 9.17) is 16.9 Å². The smallest absolute Gasteiger partial charge is 0.244 e. The summed E-state index contributed by atoms with van der Waals surface area (Å²) in [4.78, 5) is -0.0812. The summed E-state index contributed by atoms with van der Waals surface area (Å²) >= 11 is 5.92. The Morgan fingerprint density at radius 3 is 2.84 bits per heavy atom. The molecule has 0 bridgehead atoms. The number of sulfonamides is 1. The predicted octanol–water partition coefficient (Wildman–Crippen LogP) is 1.36. The molecule has 0 saturated carbocycles. The van der Waals surface area contributed by atoms with E-state index in [2.05, 4.69) is 0 Å². The third-order valence-corrected chi connectivity index (χ3v) is 5.38. The summed E-state index contributed by atoms with van der Waals surface area (Å²) in [5.74, 6) is 0. The number of hydrogen-bond acceptors (Lipinski definition) is 4. The molecule has 1 aliphatic rings. The molecule has 0 unspecified atom stereocenters. The summed E-state index contributed by atoms with van der Waals surface area (Å²) in [5, 5.41) is 18.5. The first-order chi connectivity index (χ1) is 8.95. The SMILES string of the molecule is N#Cc1ccc(Cl)c(S(=O)(=O)N2CCC[C@H](O)C2)c1. The summed E-state index contributed by atoms with van der Waals surface area (Å²) in [7, 11) is -3.77. The van der Waals surface area contributed by atoms with Gasteiger partial charge in [-0.15, -0.1) is 0 Å².